The van der Waals surface area contributed by atoms with Gasteiger partial charge in [0.15, 0.2) is 0 Å². The Bertz CT molecular complexity index is 963. The molecule has 1 fully saturated rings. The summed E-state index contributed by atoms with van der Waals surface area (Å²) in [7, 11) is 0. The first-order valence-electron chi connectivity index (χ1n) is 8.67. The lowest BCUT2D eigenvalue weighted by Crippen LogP contribution is -2.42. The molecule has 160 valence electrons. The molecule has 1 aliphatic heterocycles. The summed E-state index contributed by atoms with van der Waals surface area (Å²) in [5.74, 6) is -0.944. The molecule has 0 unspecified atom stereocenters. The van der Waals surface area contributed by atoms with Crippen LogP contribution in [-0.4, -0.2) is 43.2 Å². The van der Waals surface area contributed by atoms with Crippen molar-refractivity contribution in [3.05, 3.63) is 57.6 Å². The fourth-order valence-corrected chi connectivity index (χ4v) is 3.00. The second-order valence-electron chi connectivity index (χ2n) is 6.25. The van der Waals surface area contributed by atoms with Crippen LogP contribution in [0.15, 0.2) is 36.4 Å². The number of amides is 2. The average Bonchev–Trinajstić information content (AvgIpc) is 2.70. The van der Waals surface area contributed by atoms with Crippen molar-refractivity contribution < 1.29 is 32.2 Å². The van der Waals surface area contributed by atoms with Gasteiger partial charge in [-0.25, -0.2) is 4.79 Å². The van der Waals surface area contributed by atoms with Gasteiger partial charge in [0.25, 0.3) is 5.91 Å². The molecule has 1 heterocycles. The average molecular weight is 463 g/mol. The first-order valence-corrected chi connectivity index (χ1v) is 9.43. The predicted molar refractivity (Wildman–Crippen MR) is 104 cm³/mol. The molecule has 30 heavy (non-hydrogen) atoms. The molecule has 1 N–H and O–H groups in total. The Hall–Kier alpha value is -2.49. The molecule has 0 spiro atoms. The van der Waals surface area contributed by atoms with E-state index in [4.69, 9.17) is 32.7 Å². The molecular formula is C19H15Cl2F3N2O4. The van der Waals surface area contributed by atoms with Crippen LogP contribution in [0.25, 0.3) is 0 Å². The molecule has 2 aromatic carbocycles. The second-order valence-corrected chi connectivity index (χ2v) is 7.10. The van der Waals surface area contributed by atoms with Gasteiger partial charge in [-0.15, -0.1) is 0 Å². The molecule has 1 saturated heterocycles. The highest BCUT2D eigenvalue weighted by Crippen LogP contribution is 2.34. The number of morpholine rings is 1. The van der Waals surface area contributed by atoms with Gasteiger partial charge in [-0.05, 0) is 36.4 Å². The van der Waals surface area contributed by atoms with Crippen LogP contribution >= 0.6 is 23.2 Å². The number of nitrogens with zero attached hydrogens (tertiary/aromatic N) is 1. The van der Waals surface area contributed by atoms with Crippen molar-refractivity contribution in [3.8, 4) is 5.75 Å². The molecule has 0 atom stereocenters. The van der Waals surface area contributed by atoms with E-state index in [0.29, 0.717) is 32.4 Å². The molecule has 1 aliphatic rings. The molecule has 0 saturated carbocycles. The maximum absolute atomic E-state index is 13.0. The van der Waals surface area contributed by atoms with Gasteiger partial charge >= 0.3 is 12.3 Å². The van der Waals surface area contributed by atoms with Crippen molar-refractivity contribution in [3.63, 3.8) is 0 Å². The van der Waals surface area contributed by atoms with Crippen LogP contribution in [0.4, 0.5) is 23.7 Å². The molecule has 0 aromatic heterocycles. The zero-order valence-electron chi connectivity index (χ0n) is 15.3. The van der Waals surface area contributed by atoms with Crippen LogP contribution in [0.3, 0.4) is 0 Å². The van der Waals surface area contributed by atoms with Gasteiger partial charge in [-0.1, -0.05) is 23.2 Å². The number of anilines is 1. The number of ether oxygens (including phenoxy) is 2. The summed E-state index contributed by atoms with van der Waals surface area (Å²) in [4.78, 5) is 26.5. The summed E-state index contributed by atoms with van der Waals surface area (Å²) < 4.78 is 49.3. The maximum atomic E-state index is 13.0. The number of halogens is 5. The summed E-state index contributed by atoms with van der Waals surface area (Å²) in [5, 5.41) is 2.38. The number of rotatable bonds is 3. The molecular weight excluding hydrogens is 448 g/mol. The molecule has 3 rings (SSSR count). The highest BCUT2D eigenvalue weighted by molar-refractivity contribution is 6.34. The highest BCUT2D eigenvalue weighted by atomic mass is 35.5. The Kier molecular flexibility index (Phi) is 6.74. The standard InChI is InChI=1S/C19H15Cl2F3N2O4/c20-12-2-4-16(30-18(28)26-5-7-29-8-6-26)13(10-12)17(27)25-15-9-11(19(22,23)24)1-3-14(15)21/h1-4,9-10H,5-8H2,(H,25,27). The molecule has 0 aliphatic carbocycles. The van der Waals surface area contributed by atoms with Crippen molar-refractivity contribution in [1.29, 1.82) is 0 Å². The first-order chi connectivity index (χ1) is 14.1. The molecule has 11 heteroatoms. The predicted octanol–water partition coefficient (Wildman–Crippen LogP) is 5.10. The normalized spacial score (nSPS) is 14.4. The zero-order chi connectivity index (χ0) is 21.9. The van der Waals surface area contributed by atoms with E-state index in [0.717, 1.165) is 12.1 Å². The minimum atomic E-state index is -4.61. The van der Waals surface area contributed by atoms with Gasteiger partial charge in [0, 0.05) is 18.1 Å². The molecule has 0 bridgehead atoms. The number of carbonyl (C=O) groups is 2. The van der Waals surface area contributed by atoms with E-state index in [2.05, 4.69) is 5.32 Å². The molecule has 2 amide bonds. The Labute approximate surface area is 179 Å². The number of hydrogen-bond donors (Lipinski definition) is 1. The minimum absolute atomic E-state index is 0.0924. The zero-order valence-corrected chi connectivity index (χ0v) is 16.8. The van der Waals surface area contributed by atoms with Gasteiger partial charge in [-0.3, -0.25) is 4.79 Å². The third-order valence-corrected chi connectivity index (χ3v) is 4.76. The van der Waals surface area contributed by atoms with E-state index in [-0.39, 0.29) is 27.0 Å². The fourth-order valence-electron chi connectivity index (χ4n) is 2.66. The van der Waals surface area contributed by atoms with E-state index in [1.165, 1.54) is 23.1 Å². The second kappa shape index (κ2) is 9.11. The largest absolute Gasteiger partial charge is 0.416 e. The summed E-state index contributed by atoms with van der Waals surface area (Å²) >= 11 is 11.9. The first kappa shape index (κ1) is 22.2. The van der Waals surface area contributed by atoms with Crippen LogP contribution in [0.2, 0.25) is 10.0 Å². The van der Waals surface area contributed by atoms with Gasteiger partial charge < -0.3 is 19.7 Å². The van der Waals surface area contributed by atoms with Crippen LogP contribution in [0.1, 0.15) is 15.9 Å². The van der Waals surface area contributed by atoms with Gasteiger partial charge in [0.1, 0.15) is 5.75 Å². The number of hydrogen-bond acceptors (Lipinski definition) is 4. The van der Waals surface area contributed by atoms with Crippen molar-refractivity contribution in [2.45, 2.75) is 6.18 Å². The third-order valence-electron chi connectivity index (χ3n) is 4.19. The van der Waals surface area contributed by atoms with Gasteiger partial charge in [0.2, 0.25) is 0 Å². The summed E-state index contributed by atoms with van der Waals surface area (Å²) in [5.41, 5.74) is -1.37. The Balaban J connectivity index is 1.84. The van der Waals surface area contributed by atoms with Crippen LogP contribution < -0.4 is 10.1 Å². The van der Waals surface area contributed by atoms with Gasteiger partial charge in [0.05, 0.1) is 35.1 Å². The Morgan fingerprint density at radius 2 is 1.77 bits per heavy atom. The number of benzene rings is 2. The lowest BCUT2D eigenvalue weighted by molar-refractivity contribution is -0.137. The lowest BCUT2D eigenvalue weighted by Gasteiger charge is -2.26. The highest BCUT2D eigenvalue weighted by Gasteiger charge is 2.31. The van der Waals surface area contributed by atoms with E-state index in [1.807, 2.05) is 0 Å². The number of nitrogens with one attached hydrogen (secondary N) is 1. The van der Waals surface area contributed by atoms with Gasteiger partial charge in [-0.2, -0.15) is 13.2 Å². The third kappa shape index (κ3) is 5.35. The lowest BCUT2D eigenvalue weighted by atomic mass is 10.1. The van der Waals surface area contributed by atoms with Crippen LogP contribution in [-0.2, 0) is 10.9 Å². The topological polar surface area (TPSA) is 67.9 Å². The van der Waals surface area contributed by atoms with Crippen LogP contribution in [0, 0.1) is 0 Å². The fraction of sp³-hybridized carbons (Fsp3) is 0.263. The van der Waals surface area contributed by atoms with Crippen molar-refractivity contribution >= 4 is 40.9 Å². The maximum Gasteiger partial charge on any atom is 0.416 e. The van der Waals surface area contributed by atoms with Crippen LogP contribution in [0.5, 0.6) is 5.75 Å². The van der Waals surface area contributed by atoms with Crippen molar-refractivity contribution in [2.24, 2.45) is 0 Å². The molecule has 6 nitrogen and oxygen atoms in total. The Morgan fingerprint density at radius 1 is 1.07 bits per heavy atom. The van der Waals surface area contributed by atoms with Crippen molar-refractivity contribution in [2.75, 3.05) is 31.6 Å². The van der Waals surface area contributed by atoms with E-state index >= 15 is 0 Å². The molecule has 2 aromatic rings. The minimum Gasteiger partial charge on any atom is -0.409 e. The molecule has 0 radical (unpaired) electrons. The van der Waals surface area contributed by atoms with Crippen molar-refractivity contribution in [1.82, 2.24) is 4.90 Å². The quantitative estimate of drug-likeness (QED) is 0.689. The van der Waals surface area contributed by atoms with E-state index < -0.39 is 23.7 Å². The summed E-state index contributed by atoms with van der Waals surface area (Å²) in [6, 6.07) is 6.51. The summed E-state index contributed by atoms with van der Waals surface area (Å²) in [6.07, 6.45) is -5.30. The summed E-state index contributed by atoms with van der Waals surface area (Å²) in [6.45, 7) is 1.37. The smallest absolute Gasteiger partial charge is 0.409 e. The van der Waals surface area contributed by atoms with E-state index in [9.17, 15) is 22.8 Å². The number of carbonyl (C=O) groups excluding carboxylic acids is 2. The number of alkyl halides is 3. The monoisotopic (exact) mass is 462 g/mol. The van der Waals surface area contributed by atoms with E-state index in [1.54, 1.807) is 0 Å². The SMILES string of the molecule is O=C(Nc1cc(C(F)(F)F)ccc1Cl)c1cc(Cl)ccc1OC(=O)N1CCOCC1. The Morgan fingerprint density at radius 3 is 2.43 bits per heavy atom.